The predicted octanol–water partition coefficient (Wildman–Crippen LogP) is 5.71. The van der Waals surface area contributed by atoms with Crippen molar-refractivity contribution in [3.63, 3.8) is 0 Å². The van der Waals surface area contributed by atoms with Gasteiger partial charge in [-0.3, -0.25) is 0 Å². The van der Waals surface area contributed by atoms with Crippen LogP contribution in [0.5, 0.6) is 11.6 Å². The number of esters is 1. The molecule has 0 unspecified atom stereocenters. The van der Waals surface area contributed by atoms with E-state index in [1.165, 1.54) is 30.2 Å². The lowest BCUT2D eigenvalue weighted by molar-refractivity contribution is 0.0587. The molecule has 33 heavy (non-hydrogen) atoms. The number of carbonyl (C=O) groups is 1. The van der Waals surface area contributed by atoms with Crippen molar-refractivity contribution in [1.82, 2.24) is 15.0 Å². The number of rotatable bonds is 10. The molecular formula is C25H31N3O4Si. The molecule has 0 atom stereocenters. The van der Waals surface area contributed by atoms with E-state index < -0.39 is 14.0 Å². The summed E-state index contributed by atoms with van der Waals surface area (Å²) < 4.78 is 18.1. The third-order valence-electron chi connectivity index (χ3n) is 5.64. The average molecular weight is 466 g/mol. The van der Waals surface area contributed by atoms with Crippen LogP contribution in [0.25, 0.3) is 11.1 Å². The SMILES string of the molecule is COC(=O)c1nnn(COCC[Si](C)(C)C)c1Oc1ccc(-c2ccc(C3CC3)cc2)cc1. The van der Waals surface area contributed by atoms with Gasteiger partial charge in [-0.2, -0.15) is 4.68 Å². The van der Waals surface area contributed by atoms with Gasteiger partial charge in [-0.1, -0.05) is 61.3 Å². The third-order valence-corrected chi connectivity index (χ3v) is 7.34. The second kappa shape index (κ2) is 9.89. The molecular weight excluding hydrogens is 434 g/mol. The lowest BCUT2D eigenvalue weighted by Crippen LogP contribution is -2.22. The summed E-state index contributed by atoms with van der Waals surface area (Å²) in [5.74, 6) is 0.920. The Labute approximate surface area is 195 Å². The molecule has 1 heterocycles. The van der Waals surface area contributed by atoms with E-state index in [2.05, 4.69) is 54.2 Å². The van der Waals surface area contributed by atoms with Gasteiger partial charge in [0.25, 0.3) is 5.88 Å². The number of carbonyl (C=O) groups excluding carboxylic acids is 1. The van der Waals surface area contributed by atoms with Gasteiger partial charge in [0, 0.05) is 14.7 Å². The van der Waals surface area contributed by atoms with E-state index in [0.29, 0.717) is 12.4 Å². The predicted molar refractivity (Wildman–Crippen MR) is 129 cm³/mol. The summed E-state index contributed by atoms with van der Waals surface area (Å²) in [6.07, 6.45) is 2.60. The summed E-state index contributed by atoms with van der Waals surface area (Å²) in [4.78, 5) is 12.2. The summed E-state index contributed by atoms with van der Waals surface area (Å²) >= 11 is 0. The summed E-state index contributed by atoms with van der Waals surface area (Å²) in [5.41, 5.74) is 3.69. The van der Waals surface area contributed by atoms with Gasteiger partial charge < -0.3 is 14.2 Å². The lowest BCUT2D eigenvalue weighted by Gasteiger charge is -2.15. The van der Waals surface area contributed by atoms with Crippen molar-refractivity contribution in [2.24, 2.45) is 0 Å². The zero-order valence-electron chi connectivity index (χ0n) is 19.7. The van der Waals surface area contributed by atoms with Crippen molar-refractivity contribution in [2.45, 2.75) is 51.2 Å². The summed E-state index contributed by atoms with van der Waals surface area (Å²) in [7, 11) is 0.101. The quantitative estimate of drug-likeness (QED) is 0.217. The molecule has 8 heteroatoms. The highest BCUT2D eigenvalue weighted by molar-refractivity contribution is 6.76. The Hall–Kier alpha value is -2.97. The van der Waals surface area contributed by atoms with E-state index in [0.717, 1.165) is 23.1 Å². The van der Waals surface area contributed by atoms with Crippen LogP contribution in [0, 0.1) is 0 Å². The fraction of sp³-hybridized carbons (Fsp3) is 0.400. The Morgan fingerprint density at radius 3 is 2.24 bits per heavy atom. The van der Waals surface area contributed by atoms with E-state index in [4.69, 9.17) is 14.2 Å². The van der Waals surface area contributed by atoms with Gasteiger partial charge in [0.1, 0.15) is 12.5 Å². The molecule has 1 fully saturated rings. The first-order chi connectivity index (χ1) is 15.8. The fourth-order valence-corrected chi connectivity index (χ4v) is 4.19. The maximum atomic E-state index is 12.2. The van der Waals surface area contributed by atoms with Crippen molar-refractivity contribution in [3.05, 3.63) is 59.8 Å². The van der Waals surface area contributed by atoms with Crippen LogP contribution >= 0.6 is 0 Å². The Morgan fingerprint density at radius 1 is 1.03 bits per heavy atom. The Kier molecular flexibility index (Phi) is 6.95. The Bertz CT molecular complexity index is 1080. The zero-order chi connectivity index (χ0) is 23.4. The van der Waals surface area contributed by atoms with Crippen LogP contribution in [-0.4, -0.2) is 42.8 Å². The van der Waals surface area contributed by atoms with Gasteiger partial charge in [0.2, 0.25) is 5.69 Å². The molecule has 174 valence electrons. The first-order valence-electron chi connectivity index (χ1n) is 11.3. The molecule has 4 rings (SSSR count). The van der Waals surface area contributed by atoms with Crippen LogP contribution in [0.3, 0.4) is 0 Å². The number of benzene rings is 2. The summed E-state index contributed by atoms with van der Waals surface area (Å²) in [6, 6.07) is 17.5. The van der Waals surface area contributed by atoms with Crippen LogP contribution in [0.1, 0.15) is 34.8 Å². The van der Waals surface area contributed by atoms with E-state index in [1.807, 2.05) is 24.3 Å². The topological polar surface area (TPSA) is 75.5 Å². The van der Waals surface area contributed by atoms with Gasteiger partial charge in [-0.15, -0.1) is 5.10 Å². The molecule has 3 aromatic rings. The van der Waals surface area contributed by atoms with Gasteiger partial charge in [0.15, 0.2) is 0 Å². The van der Waals surface area contributed by atoms with Crippen LogP contribution in [0.15, 0.2) is 48.5 Å². The molecule has 1 aliphatic carbocycles. The van der Waals surface area contributed by atoms with Crippen molar-refractivity contribution in [1.29, 1.82) is 0 Å². The molecule has 1 aliphatic rings. The maximum Gasteiger partial charge on any atom is 0.364 e. The molecule has 7 nitrogen and oxygen atoms in total. The van der Waals surface area contributed by atoms with Crippen molar-refractivity contribution >= 4 is 14.0 Å². The molecule has 0 amide bonds. The molecule has 2 aromatic carbocycles. The van der Waals surface area contributed by atoms with Crippen LogP contribution in [0.4, 0.5) is 0 Å². The van der Waals surface area contributed by atoms with Gasteiger partial charge in [-0.05, 0) is 53.6 Å². The van der Waals surface area contributed by atoms with Crippen LogP contribution < -0.4 is 4.74 Å². The standard InChI is InChI=1S/C25H31N3O4Si/c1-30-25(29)23-24(28(27-26-23)17-31-15-16-33(2,3)4)32-22-13-11-21(12-14-22)20-9-7-19(8-10-20)18-5-6-18/h7-14,18H,5-6,15-17H2,1-4H3. The molecule has 0 N–H and O–H groups in total. The molecule has 1 saturated carbocycles. The fourth-order valence-electron chi connectivity index (χ4n) is 3.44. The zero-order valence-corrected chi connectivity index (χ0v) is 20.7. The third kappa shape index (κ3) is 6.09. The van der Waals surface area contributed by atoms with E-state index in [9.17, 15) is 4.79 Å². The number of aromatic nitrogens is 3. The van der Waals surface area contributed by atoms with Gasteiger partial charge >= 0.3 is 5.97 Å². The number of methoxy groups -OCH3 is 1. The normalized spacial score (nSPS) is 13.7. The lowest BCUT2D eigenvalue weighted by atomic mass is 10.0. The number of hydrogen-bond donors (Lipinski definition) is 0. The molecule has 0 spiro atoms. The molecule has 0 bridgehead atoms. The summed E-state index contributed by atoms with van der Waals surface area (Å²) in [5, 5.41) is 7.98. The highest BCUT2D eigenvalue weighted by Crippen LogP contribution is 2.40. The first-order valence-corrected chi connectivity index (χ1v) is 15.0. The van der Waals surface area contributed by atoms with Crippen molar-refractivity contribution in [2.75, 3.05) is 13.7 Å². The highest BCUT2D eigenvalue weighted by Gasteiger charge is 2.24. The van der Waals surface area contributed by atoms with E-state index in [1.54, 1.807) is 0 Å². The van der Waals surface area contributed by atoms with Gasteiger partial charge in [0.05, 0.1) is 7.11 Å². The molecule has 0 radical (unpaired) electrons. The Morgan fingerprint density at radius 2 is 1.67 bits per heavy atom. The van der Waals surface area contributed by atoms with Gasteiger partial charge in [-0.25, -0.2) is 4.79 Å². The minimum absolute atomic E-state index is 0.0195. The Balaban J connectivity index is 1.47. The second-order valence-corrected chi connectivity index (χ2v) is 15.2. The van der Waals surface area contributed by atoms with Crippen molar-refractivity contribution < 1.29 is 19.0 Å². The highest BCUT2D eigenvalue weighted by atomic mass is 28.3. The van der Waals surface area contributed by atoms with E-state index in [-0.39, 0.29) is 18.3 Å². The minimum Gasteiger partial charge on any atom is -0.464 e. The maximum absolute atomic E-state index is 12.2. The largest absolute Gasteiger partial charge is 0.464 e. The minimum atomic E-state index is -1.20. The molecule has 1 aromatic heterocycles. The van der Waals surface area contributed by atoms with E-state index >= 15 is 0 Å². The molecule has 0 aliphatic heterocycles. The average Bonchev–Trinajstić information content (AvgIpc) is 3.58. The van der Waals surface area contributed by atoms with Crippen LogP contribution in [0.2, 0.25) is 25.7 Å². The number of nitrogens with zero attached hydrogens (tertiary/aromatic N) is 3. The molecule has 0 saturated heterocycles. The van der Waals surface area contributed by atoms with Crippen molar-refractivity contribution in [3.8, 4) is 22.8 Å². The smallest absolute Gasteiger partial charge is 0.364 e. The monoisotopic (exact) mass is 465 g/mol. The van der Waals surface area contributed by atoms with Crippen LogP contribution in [-0.2, 0) is 16.2 Å². The first kappa shape index (κ1) is 23.2. The number of ether oxygens (including phenoxy) is 3. The summed E-state index contributed by atoms with van der Waals surface area (Å²) in [6.45, 7) is 7.65. The second-order valence-electron chi connectivity index (χ2n) is 9.61. The number of hydrogen-bond acceptors (Lipinski definition) is 6.